The molecular formula is C18H20O2. The Bertz CT molecular complexity index is 633. The molecule has 0 N–H and O–H groups in total. The Kier molecular flexibility index (Phi) is 3.17. The second-order valence-electron chi connectivity index (χ2n) is 5.85. The number of fused-ring (bicyclic) bond motifs is 1. The van der Waals surface area contributed by atoms with Crippen molar-refractivity contribution in [2.75, 3.05) is 6.61 Å². The van der Waals surface area contributed by atoms with Crippen LogP contribution in [-0.2, 0) is 6.42 Å². The fraction of sp³-hybridized carbons (Fsp3) is 0.333. The van der Waals surface area contributed by atoms with Crippen LogP contribution < -0.4 is 9.47 Å². The van der Waals surface area contributed by atoms with Gasteiger partial charge in [-0.3, -0.25) is 0 Å². The van der Waals surface area contributed by atoms with Gasteiger partial charge in [0.25, 0.3) is 0 Å². The average molecular weight is 268 g/mol. The first-order chi connectivity index (χ1) is 9.57. The van der Waals surface area contributed by atoms with Gasteiger partial charge in [0.15, 0.2) is 0 Å². The van der Waals surface area contributed by atoms with Crippen LogP contribution in [0.1, 0.15) is 23.6 Å². The second kappa shape index (κ2) is 4.86. The van der Waals surface area contributed by atoms with E-state index >= 15 is 0 Å². The van der Waals surface area contributed by atoms with Gasteiger partial charge in [0.1, 0.15) is 23.7 Å². The van der Waals surface area contributed by atoms with E-state index in [9.17, 15) is 0 Å². The van der Waals surface area contributed by atoms with Gasteiger partial charge in [0.05, 0.1) is 0 Å². The zero-order valence-electron chi connectivity index (χ0n) is 12.3. The minimum Gasteiger partial charge on any atom is -0.489 e. The summed E-state index contributed by atoms with van der Waals surface area (Å²) < 4.78 is 12.1. The molecule has 1 aliphatic rings. The Hall–Kier alpha value is -1.96. The summed E-state index contributed by atoms with van der Waals surface area (Å²) in [6.07, 6.45) is 0.899. The highest BCUT2D eigenvalue weighted by atomic mass is 16.5. The molecule has 1 atom stereocenters. The van der Waals surface area contributed by atoms with Crippen LogP contribution in [0.25, 0.3) is 0 Å². The van der Waals surface area contributed by atoms with E-state index in [1.807, 2.05) is 18.2 Å². The van der Waals surface area contributed by atoms with Crippen LogP contribution >= 0.6 is 0 Å². The molecule has 0 amide bonds. The van der Waals surface area contributed by atoms with Crippen molar-refractivity contribution in [2.45, 2.75) is 32.8 Å². The van der Waals surface area contributed by atoms with E-state index in [-0.39, 0.29) is 5.60 Å². The van der Waals surface area contributed by atoms with Crippen molar-refractivity contribution in [3.8, 4) is 11.5 Å². The molecule has 3 rings (SSSR count). The molecule has 1 aliphatic heterocycles. The lowest BCUT2D eigenvalue weighted by Crippen LogP contribution is -2.37. The minimum atomic E-state index is -0.281. The van der Waals surface area contributed by atoms with Crippen molar-refractivity contribution in [1.29, 1.82) is 0 Å². The van der Waals surface area contributed by atoms with E-state index < -0.39 is 0 Å². The van der Waals surface area contributed by atoms with Crippen molar-refractivity contribution in [3.05, 3.63) is 59.2 Å². The number of ether oxygens (including phenoxy) is 2. The van der Waals surface area contributed by atoms with Crippen LogP contribution in [0.4, 0.5) is 0 Å². The average Bonchev–Trinajstić information content (AvgIpc) is 2.77. The van der Waals surface area contributed by atoms with Gasteiger partial charge in [-0.1, -0.05) is 36.4 Å². The number of hydrogen-bond acceptors (Lipinski definition) is 2. The molecule has 1 unspecified atom stereocenters. The predicted octanol–water partition coefficient (Wildman–Crippen LogP) is 4.08. The van der Waals surface area contributed by atoms with Gasteiger partial charge in [-0.25, -0.2) is 0 Å². The summed E-state index contributed by atoms with van der Waals surface area (Å²) >= 11 is 0. The van der Waals surface area contributed by atoms with Crippen LogP contribution in [0.2, 0.25) is 0 Å². The molecule has 0 saturated heterocycles. The van der Waals surface area contributed by atoms with Gasteiger partial charge in [-0.2, -0.15) is 0 Å². The van der Waals surface area contributed by atoms with Crippen molar-refractivity contribution < 1.29 is 9.47 Å². The topological polar surface area (TPSA) is 18.5 Å². The van der Waals surface area contributed by atoms with Gasteiger partial charge >= 0.3 is 0 Å². The number of aryl methyl sites for hydroxylation is 2. The number of rotatable bonds is 3. The molecule has 0 aromatic heterocycles. The molecule has 104 valence electrons. The molecule has 0 bridgehead atoms. The molecule has 20 heavy (non-hydrogen) atoms. The highest BCUT2D eigenvalue weighted by molar-refractivity contribution is 5.45. The molecular weight excluding hydrogens is 248 g/mol. The maximum absolute atomic E-state index is 6.16. The van der Waals surface area contributed by atoms with Gasteiger partial charge in [0, 0.05) is 6.42 Å². The molecule has 0 fully saturated rings. The molecule has 0 radical (unpaired) electrons. The lowest BCUT2D eigenvalue weighted by molar-refractivity contribution is 0.0551. The van der Waals surface area contributed by atoms with E-state index in [4.69, 9.17) is 9.47 Å². The molecule has 2 nitrogen and oxygen atoms in total. The standard InChI is InChI=1S/C18H20O2/c1-13-7-4-5-10-16(13)19-12-18(3)11-15-9-6-8-14(2)17(15)20-18/h4-10H,11-12H2,1-3H3. The lowest BCUT2D eigenvalue weighted by Gasteiger charge is -2.24. The Balaban J connectivity index is 1.74. The van der Waals surface area contributed by atoms with Crippen LogP contribution in [0, 0.1) is 13.8 Å². The first kappa shape index (κ1) is 13.0. The molecule has 0 saturated carbocycles. The summed E-state index contributed by atoms with van der Waals surface area (Å²) in [4.78, 5) is 0. The zero-order valence-corrected chi connectivity index (χ0v) is 12.3. The Morgan fingerprint density at radius 2 is 1.80 bits per heavy atom. The Morgan fingerprint density at radius 1 is 1.05 bits per heavy atom. The summed E-state index contributed by atoms with van der Waals surface area (Å²) in [5, 5.41) is 0. The second-order valence-corrected chi connectivity index (χ2v) is 5.85. The van der Waals surface area contributed by atoms with Crippen molar-refractivity contribution in [3.63, 3.8) is 0 Å². The molecule has 2 aromatic carbocycles. The quantitative estimate of drug-likeness (QED) is 0.835. The predicted molar refractivity (Wildman–Crippen MR) is 80.6 cm³/mol. The van der Waals surface area contributed by atoms with Gasteiger partial charge in [-0.05, 0) is 43.5 Å². The van der Waals surface area contributed by atoms with Crippen molar-refractivity contribution in [1.82, 2.24) is 0 Å². The maximum Gasteiger partial charge on any atom is 0.144 e. The third-order valence-electron chi connectivity index (χ3n) is 3.83. The fourth-order valence-corrected chi connectivity index (χ4v) is 2.71. The number of para-hydroxylation sites is 2. The van der Waals surface area contributed by atoms with Gasteiger partial charge in [0.2, 0.25) is 0 Å². The summed E-state index contributed by atoms with van der Waals surface area (Å²) in [6.45, 7) is 6.83. The fourth-order valence-electron chi connectivity index (χ4n) is 2.71. The van der Waals surface area contributed by atoms with Crippen molar-refractivity contribution >= 4 is 0 Å². The van der Waals surface area contributed by atoms with Crippen LogP contribution in [0.5, 0.6) is 11.5 Å². The largest absolute Gasteiger partial charge is 0.489 e. The van der Waals surface area contributed by atoms with E-state index in [1.165, 1.54) is 11.1 Å². The summed E-state index contributed by atoms with van der Waals surface area (Å²) in [7, 11) is 0. The molecule has 0 aliphatic carbocycles. The van der Waals surface area contributed by atoms with Crippen LogP contribution in [0.3, 0.4) is 0 Å². The van der Waals surface area contributed by atoms with Crippen LogP contribution in [-0.4, -0.2) is 12.2 Å². The van der Waals surface area contributed by atoms with E-state index in [0.717, 1.165) is 23.5 Å². The highest BCUT2D eigenvalue weighted by Gasteiger charge is 2.36. The highest BCUT2D eigenvalue weighted by Crippen LogP contribution is 2.37. The monoisotopic (exact) mass is 268 g/mol. The summed E-state index contributed by atoms with van der Waals surface area (Å²) in [6, 6.07) is 14.4. The van der Waals surface area contributed by atoms with E-state index in [1.54, 1.807) is 0 Å². The smallest absolute Gasteiger partial charge is 0.144 e. The maximum atomic E-state index is 6.16. The molecule has 0 spiro atoms. The third-order valence-corrected chi connectivity index (χ3v) is 3.83. The molecule has 2 heteroatoms. The van der Waals surface area contributed by atoms with Crippen molar-refractivity contribution in [2.24, 2.45) is 0 Å². The normalized spacial score (nSPS) is 20.4. The number of benzene rings is 2. The number of hydrogen-bond donors (Lipinski definition) is 0. The lowest BCUT2D eigenvalue weighted by atomic mass is 9.99. The SMILES string of the molecule is Cc1ccccc1OCC1(C)Cc2cccc(C)c2O1. The Labute approximate surface area is 120 Å². The minimum absolute atomic E-state index is 0.281. The summed E-state index contributed by atoms with van der Waals surface area (Å²) in [5.74, 6) is 1.97. The van der Waals surface area contributed by atoms with Gasteiger partial charge in [-0.15, -0.1) is 0 Å². The summed E-state index contributed by atoms with van der Waals surface area (Å²) in [5.41, 5.74) is 3.35. The van der Waals surface area contributed by atoms with E-state index in [0.29, 0.717) is 6.61 Å². The first-order valence-corrected chi connectivity index (χ1v) is 7.03. The van der Waals surface area contributed by atoms with E-state index in [2.05, 4.69) is 45.0 Å². The molecule has 2 aromatic rings. The Morgan fingerprint density at radius 3 is 2.55 bits per heavy atom. The zero-order chi connectivity index (χ0) is 14.2. The van der Waals surface area contributed by atoms with Gasteiger partial charge < -0.3 is 9.47 Å². The molecule has 1 heterocycles. The van der Waals surface area contributed by atoms with Crippen LogP contribution in [0.15, 0.2) is 42.5 Å². The third kappa shape index (κ3) is 2.38. The first-order valence-electron chi connectivity index (χ1n) is 7.03.